The molecule has 1 aliphatic rings. The van der Waals surface area contributed by atoms with E-state index in [0.717, 1.165) is 0 Å². The van der Waals surface area contributed by atoms with Crippen molar-refractivity contribution in [1.82, 2.24) is 10.1 Å². The predicted octanol–water partition coefficient (Wildman–Crippen LogP) is 3.16. The molecule has 6 heteroatoms. The van der Waals surface area contributed by atoms with Gasteiger partial charge in [0.1, 0.15) is 5.82 Å². The number of benzene rings is 1. The number of carbonyl (C=O) groups is 1. The van der Waals surface area contributed by atoms with Crippen molar-refractivity contribution < 1.29 is 13.7 Å². The van der Waals surface area contributed by atoms with Crippen molar-refractivity contribution in [2.24, 2.45) is 0 Å². The van der Waals surface area contributed by atoms with Gasteiger partial charge < -0.3 is 9.42 Å². The molecule has 1 fully saturated rings. The van der Waals surface area contributed by atoms with Crippen LogP contribution in [0.15, 0.2) is 22.7 Å². The Hall–Kier alpha value is -2.24. The van der Waals surface area contributed by atoms with E-state index in [1.807, 2.05) is 13.8 Å². The van der Waals surface area contributed by atoms with Crippen LogP contribution in [0.25, 0.3) is 0 Å². The first-order chi connectivity index (χ1) is 10.5. The molecule has 1 unspecified atom stereocenters. The van der Waals surface area contributed by atoms with E-state index in [-0.39, 0.29) is 23.6 Å². The Morgan fingerprint density at radius 3 is 2.82 bits per heavy atom. The van der Waals surface area contributed by atoms with Crippen molar-refractivity contribution >= 4 is 11.6 Å². The van der Waals surface area contributed by atoms with E-state index in [0.29, 0.717) is 35.9 Å². The zero-order valence-corrected chi connectivity index (χ0v) is 12.8. The molecule has 2 aromatic rings. The maximum Gasteiger partial charge on any atom is 0.232 e. The first-order valence-electron chi connectivity index (χ1n) is 7.35. The zero-order chi connectivity index (χ0) is 15.9. The zero-order valence-electron chi connectivity index (χ0n) is 12.8. The van der Waals surface area contributed by atoms with Gasteiger partial charge >= 0.3 is 0 Å². The van der Waals surface area contributed by atoms with E-state index in [1.54, 1.807) is 24.0 Å². The molecule has 3 rings (SSSR count). The molecule has 22 heavy (non-hydrogen) atoms. The summed E-state index contributed by atoms with van der Waals surface area (Å²) in [4.78, 5) is 18.1. The average Bonchev–Trinajstić information content (AvgIpc) is 3.08. The molecular formula is C16H18FN3O2. The third-order valence-corrected chi connectivity index (χ3v) is 3.92. The van der Waals surface area contributed by atoms with Crippen molar-refractivity contribution in [3.05, 3.63) is 41.3 Å². The lowest BCUT2D eigenvalue weighted by molar-refractivity contribution is -0.117. The summed E-state index contributed by atoms with van der Waals surface area (Å²) in [5, 5.41) is 3.93. The van der Waals surface area contributed by atoms with Crippen LogP contribution in [-0.2, 0) is 4.79 Å². The van der Waals surface area contributed by atoms with Gasteiger partial charge in [0.2, 0.25) is 11.8 Å². The van der Waals surface area contributed by atoms with Crippen LogP contribution in [0.1, 0.15) is 49.4 Å². The molecular weight excluding hydrogens is 285 g/mol. The minimum absolute atomic E-state index is 0.0578. The van der Waals surface area contributed by atoms with Gasteiger partial charge in [-0.15, -0.1) is 0 Å². The number of amides is 1. The Kier molecular flexibility index (Phi) is 3.68. The molecule has 1 atom stereocenters. The van der Waals surface area contributed by atoms with Crippen molar-refractivity contribution in [2.75, 3.05) is 11.4 Å². The third-order valence-electron chi connectivity index (χ3n) is 3.92. The van der Waals surface area contributed by atoms with Gasteiger partial charge in [0, 0.05) is 24.6 Å². The van der Waals surface area contributed by atoms with Gasteiger partial charge in [0.25, 0.3) is 0 Å². The first-order valence-corrected chi connectivity index (χ1v) is 7.35. The normalized spacial score (nSPS) is 18.5. The number of halogens is 1. The molecule has 0 saturated carbocycles. The maximum atomic E-state index is 13.7. The van der Waals surface area contributed by atoms with Crippen molar-refractivity contribution in [3.63, 3.8) is 0 Å². The lowest BCUT2D eigenvalue weighted by atomic mass is 10.1. The highest BCUT2D eigenvalue weighted by atomic mass is 19.1. The van der Waals surface area contributed by atoms with E-state index < -0.39 is 0 Å². The first kappa shape index (κ1) is 14.7. The second-order valence-electron chi connectivity index (χ2n) is 5.98. The Labute approximate surface area is 128 Å². The summed E-state index contributed by atoms with van der Waals surface area (Å²) in [6.07, 6.45) is 0.301. The van der Waals surface area contributed by atoms with Crippen molar-refractivity contribution in [1.29, 1.82) is 0 Å². The highest BCUT2D eigenvalue weighted by molar-refractivity contribution is 5.96. The summed E-state index contributed by atoms with van der Waals surface area (Å²) in [5.41, 5.74) is 1.13. The molecule has 5 nitrogen and oxygen atoms in total. The largest absolute Gasteiger partial charge is 0.339 e. The second-order valence-corrected chi connectivity index (χ2v) is 5.98. The lowest BCUT2D eigenvalue weighted by Crippen LogP contribution is -2.24. The molecule has 0 spiro atoms. The SMILES string of the molecule is Cc1ccc(N2CC(c3nc(C(C)C)no3)CC2=O)cc1F. The lowest BCUT2D eigenvalue weighted by Gasteiger charge is -2.16. The summed E-state index contributed by atoms with van der Waals surface area (Å²) in [5.74, 6) is 0.786. The van der Waals surface area contributed by atoms with Crippen LogP contribution < -0.4 is 4.90 Å². The van der Waals surface area contributed by atoms with Gasteiger partial charge in [0.15, 0.2) is 5.82 Å². The van der Waals surface area contributed by atoms with Gasteiger partial charge in [-0.1, -0.05) is 25.1 Å². The molecule has 2 heterocycles. The topological polar surface area (TPSA) is 59.2 Å². The molecule has 1 aromatic heterocycles. The van der Waals surface area contributed by atoms with Crippen molar-refractivity contribution in [2.45, 2.75) is 39.0 Å². The van der Waals surface area contributed by atoms with Gasteiger partial charge in [0.05, 0.1) is 5.92 Å². The maximum absolute atomic E-state index is 13.7. The van der Waals surface area contributed by atoms with Crippen molar-refractivity contribution in [3.8, 4) is 0 Å². The minimum atomic E-state index is -0.311. The second kappa shape index (κ2) is 5.51. The number of nitrogens with zero attached hydrogens (tertiary/aromatic N) is 3. The minimum Gasteiger partial charge on any atom is -0.339 e. The third kappa shape index (κ3) is 2.61. The Morgan fingerprint density at radius 1 is 1.41 bits per heavy atom. The molecule has 1 aliphatic heterocycles. The van der Waals surface area contributed by atoms with Crippen LogP contribution in [-0.4, -0.2) is 22.6 Å². The number of rotatable bonds is 3. The quantitative estimate of drug-likeness (QED) is 0.874. The van der Waals surface area contributed by atoms with E-state index in [4.69, 9.17) is 4.52 Å². The molecule has 1 saturated heterocycles. The molecule has 0 aliphatic carbocycles. The summed E-state index contributed by atoms with van der Waals surface area (Å²) < 4.78 is 19.0. The van der Waals surface area contributed by atoms with Crippen LogP contribution >= 0.6 is 0 Å². The smallest absolute Gasteiger partial charge is 0.232 e. The van der Waals surface area contributed by atoms with Crippen LogP contribution in [0.2, 0.25) is 0 Å². The van der Waals surface area contributed by atoms with E-state index >= 15 is 0 Å². The fourth-order valence-corrected chi connectivity index (χ4v) is 2.52. The summed E-state index contributed by atoms with van der Waals surface area (Å²) in [6, 6.07) is 4.82. The van der Waals surface area contributed by atoms with Gasteiger partial charge in [-0.25, -0.2) is 4.39 Å². The highest BCUT2D eigenvalue weighted by Crippen LogP contribution is 2.32. The van der Waals surface area contributed by atoms with Crippen LogP contribution in [0.5, 0.6) is 0 Å². The number of anilines is 1. The Balaban J connectivity index is 1.81. The van der Waals surface area contributed by atoms with E-state index in [2.05, 4.69) is 10.1 Å². The van der Waals surface area contributed by atoms with Gasteiger partial charge in [-0.2, -0.15) is 4.98 Å². The highest BCUT2D eigenvalue weighted by Gasteiger charge is 2.35. The average molecular weight is 303 g/mol. The molecule has 0 bridgehead atoms. The van der Waals surface area contributed by atoms with E-state index in [9.17, 15) is 9.18 Å². The Morgan fingerprint density at radius 2 is 2.18 bits per heavy atom. The van der Waals surface area contributed by atoms with Crippen LogP contribution in [0, 0.1) is 12.7 Å². The summed E-state index contributed by atoms with van der Waals surface area (Å²) >= 11 is 0. The van der Waals surface area contributed by atoms with Crippen LogP contribution in [0.3, 0.4) is 0 Å². The van der Waals surface area contributed by atoms with E-state index in [1.165, 1.54) is 6.07 Å². The predicted molar refractivity (Wildman–Crippen MR) is 79.2 cm³/mol. The monoisotopic (exact) mass is 303 g/mol. The number of hydrogen-bond acceptors (Lipinski definition) is 4. The Bertz CT molecular complexity index is 711. The molecule has 0 N–H and O–H groups in total. The van der Waals surface area contributed by atoms with Gasteiger partial charge in [-0.05, 0) is 24.6 Å². The standard InChI is InChI=1S/C16H18FN3O2/c1-9(2)15-18-16(22-19-15)11-6-14(21)20(8-11)12-5-4-10(3)13(17)7-12/h4-5,7,9,11H,6,8H2,1-3H3. The fraction of sp³-hybridized carbons (Fsp3) is 0.438. The summed E-state index contributed by atoms with van der Waals surface area (Å²) in [6.45, 7) is 6.09. The fourth-order valence-electron chi connectivity index (χ4n) is 2.52. The number of aryl methyl sites for hydroxylation is 1. The molecule has 116 valence electrons. The molecule has 1 aromatic carbocycles. The van der Waals surface area contributed by atoms with Crippen LogP contribution in [0.4, 0.5) is 10.1 Å². The molecule has 0 radical (unpaired) electrons. The number of aromatic nitrogens is 2. The number of carbonyl (C=O) groups excluding carboxylic acids is 1. The van der Waals surface area contributed by atoms with Gasteiger partial charge in [-0.3, -0.25) is 4.79 Å². The molecule has 1 amide bonds. The number of hydrogen-bond donors (Lipinski definition) is 0. The summed E-state index contributed by atoms with van der Waals surface area (Å²) in [7, 11) is 0.